The molecule has 3 rings (SSSR count). The fraction of sp³-hybridized carbons (Fsp3) is 0.310. The number of carbonyl (C=O) groups is 2. The van der Waals surface area contributed by atoms with Gasteiger partial charge in [-0.2, -0.15) is 0 Å². The number of nitrogens with zero attached hydrogens (tertiary/aromatic N) is 2. The summed E-state index contributed by atoms with van der Waals surface area (Å²) in [6, 6.07) is 19.8. The minimum atomic E-state index is -4.14. The van der Waals surface area contributed by atoms with Crippen molar-refractivity contribution in [1.29, 1.82) is 0 Å². The molecule has 3 aromatic rings. The van der Waals surface area contributed by atoms with Crippen molar-refractivity contribution in [2.24, 2.45) is 0 Å². The third kappa shape index (κ3) is 6.74. The summed E-state index contributed by atoms with van der Waals surface area (Å²) in [6.07, 6.45) is 0.366. The molecular weight excluding hydrogens is 522 g/mol. The van der Waals surface area contributed by atoms with Crippen molar-refractivity contribution in [1.82, 2.24) is 10.2 Å². The number of halogens is 1. The van der Waals surface area contributed by atoms with Crippen LogP contribution in [0.2, 0.25) is 5.02 Å². The van der Waals surface area contributed by atoms with E-state index < -0.39 is 28.5 Å². The molecular formula is C29H34ClN3O4S. The average Bonchev–Trinajstić information content (AvgIpc) is 2.90. The second kappa shape index (κ2) is 12.9. The summed E-state index contributed by atoms with van der Waals surface area (Å²) in [6.45, 7) is 7.39. The van der Waals surface area contributed by atoms with Gasteiger partial charge < -0.3 is 10.2 Å². The monoisotopic (exact) mass is 555 g/mol. The number of aryl methyl sites for hydroxylation is 1. The van der Waals surface area contributed by atoms with Gasteiger partial charge in [0.2, 0.25) is 11.8 Å². The molecule has 7 nitrogen and oxygen atoms in total. The van der Waals surface area contributed by atoms with Crippen LogP contribution in [0.15, 0.2) is 77.7 Å². The van der Waals surface area contributed by atoms with E-state index in [1.807, 2.05) is 45.0 Å². The van der Waals surface area contributed by atoms with Crippen molar-refractivity contribution < 1.29 is 18.0 Å². The SMILES string of the molecule is CCNC(=O)C(CC)N(Cc1ccc(C)cc1)C(=O)CN(c1cccc(Cl)c1C)S(=O)(=O)c1ccccc1. The Hall–Kier alpha value is -3.36. The van der Waals surface area contributed by atoms with E-state index in [1.54, 1.807) is 43.3 Å². The minimum Gasteiger partial charge on any atom is -0.355 e. The zero-order chi connectivity index (χ0) is 27.9. The van der Waals surface area contributed by atoms with E-state index in [4.69, 9.17) is 11.6 Å². The lowest BCUT2D eigenvalue weighted by atomic mass is 10.1. The molecule has 1 N–H and O–H groups in total. The zero-order valence-corrected chi connectivity index (χ0v) is 23.7. The van der Waals surface area contributed by atoms with Crippen LogP contribution >= 0.6 is 11.6 Å². The number of benzene rings is 3. The van der Waals surface area contributed by atoms with Crippen LogP contribution in [-0.4, -0.2) is 44.3 Å². The summed E-state index contributed by atoms with van der Waals surface area (Å²) >= 11 is 6.35. The first-order valence-electron chi connectivity index (χ1n) is 12.6. The lowest BCUT2D eigenvalue weighted by Gasteiger charge is -2.33. The second-order valence-corrected chi connectivity index (χ2v) is 11.3. The summed E-state index contributed by atoms with van der Waals surface area (Å²) in [5.74, 6) is -0.783. The van der Waals surface area contributed by atoms with Crippen LogP contribution in [0, 0.1) is 13.8 Å². The van der Waals surface area contributed by atoms with Gasteiger partial charge in [0, 0.05) is 18.1 Å². The van der Waals surface area contributed by atoms with Gasteiger partial charge in [-0.05, 0) is 62.6 Å². The largest absolute Gasteiger partial charge is 0.355 e. The molecule has 0 aliphatic rings. The van der Waals surface area contributed by atoms with Gasteiger partial charge in [-0.15, -0.1) is 0 Å². The van der Waals surface area contributed by atoms with Gasteiger partial charge in [0.05, 0.1) is 10.6 Å². The molecule has 3 aromatic carbocycles. The Morgan fingerprint density at radius 3 is 2.18 bits per heavy atom. The standard InChI is InChI=1S/C29H34ClN3O4S/c1-5-26(29(35)31-6-2)32(19-23-17-15-21(3)16-18-23)28(34)20-33(27-14-10-13-25(30)22(27)4)38(36,37)24-11-8-7-9-12-24/h7-18,26H,5-6,19-20H2,1-4H3,(H,31,35). The number of hydrogen-bond donors (Lipinski definition) is 1. The number of anilines is 1. The predicted octanol–water partition coefficient (Wildman–Crippen LogP) is 5.10. The number of hydrogen-bond acceptors (Lipinski definition) is 4. The molecule has 0 bridgehead atoms. The normalized spacial score (nSPS) is 12.0. The molecule has 0 heterocycles. The highest BCUT2D eigenvalue weighted by Crippen LogP contribution is 2.31. The maximum atomic E-state index is 14.0. The highest BCUT2D eigenvalue weighted by molar-refractivity contribution is 7.92. The fourth-order valence-electron chi connectivity index (χ4n) is 4.20. The lowest BCUT2D eigenvalue weighted by molar-refractivity contribution is -0.140. The first-order valence-corrected chi connectivity index (χ1v) is 14.4. The molecule has 0 aliphatic heterocycles. The third-order valence-corrected chi connectivity index (χ3v) is 8.51. The Bertz CT molecular complexity index is 1360. The van der Waals surface area contributed by atoms with E-state index in [1.165, 1.54) is 17.0 Å². The number of sulfonamides is 1. The minimum absolute atomic E-state index is 0.0491. The van der Waals surface area contributed by atoms with Crippen LogP contribution in [-0.2, 0) is 26.2 Å². The predicted molar refractivity (Wildman–Crippen MR) is 152 cm³/mol. The van der Waals surface area contributed by atoms with Crippen LogP contribution in [0.1, 0.15) is 37.0 Å². The summed E-state index contributed by atoms with van der Waals surface area (Å²) in [7, 11) is -4.14. The number of likely N-dealkylation sites (N-methyl/N-ethyl adjacent to an activating group) is 1. The van der Waals surface area contributed by atoms with E-state index >= 15 is 0 Å². The van der Waals surface area contributed by atoms with E-state index in [0.29, 0.717) is 29.2 Å². The summed E-state index contributed by atoms with van der Waals surface area (Å²) in [5.41, 5.74) is 2.74. The first-order chi connectivity index (χ1) is 18.1. The Morgan fingerprint density at radius 1 is 0.921 bits per heavy atom. The smallest absolute Gasteiger partial charge is 0.264 e. The van der Waals surface area contributed by atoms with Gasteiger partial charge in [0.25, 0.3) is 10.0 Å². The van der Waals surface area contributed by atoms with E-state index in [-0.39, 0.29) is 17.3 Å². The molecule has 1 atom stereocenters. The van der Waals surface area contributed by atoms with Crippen molar-refractivity contribution >= 4 is 39.1 Å². The van der Waals surface area contributed by atoms with E-state index in [0.717, 1.165) is 15.4 Å². The molecule has 1 unspecified atom stereocenters. The van der Waals surface area contributed by atoms with Crippen LogP contribution < -0.4 is 9.62 Å². The van der Waals surface area contributed by atoms with Crippen molar-refractivity contribution in [2.75, 3.05) is 17.4 Å². The zero-order valence-electron chi connectivity index (χ0n) is 22.1. The molecule has 9 heteroatoms. The lowest BCUT2D eigenvalue weighted by Crippen LogP contribution is -2.52. The first kappa shape index (κ1) is 29.2. The van der Waals surface area contributed by atoms with Crippen molar-refractivity contribution in [3.05, 3.63) is 94.5 Å². The molecule has 0 spiro atoms. The fourth-order valence-corrected chi connectivity index (χ4v) is 5.86. The van der Waals surface area contributed by atoms with Crippen LogP contribution in [0.3, 0.4) is 0 Å². The number of amides is 2. The van der Waals surface area contributed by atoms with Gasteiger partial charge in [-0.1, -0.05) is 72.6 Å². The Kier molecular flexibility index (Phi) is 9.94. The van der Waals surface area contributed by atoms with Crippen LogP contribution in [0.5, 0.6) is 0 Å². The molecule has 0 aliphatic carbocycles. The molecule has 0 aromatic heterocycles. The molecule has 0 saturated heterocycles. The molecule has 0 saturated carbocycles. The molecule has 2 amide bonds. The maximum absolute atomic E-state index is 14.0. The van der Waals surface area contributed by atoms with Gasteiger partial charge >= 0.3 is 0 Å². The molecule has 38 heavy (non-hydrogen) atoms. The highest BCUT2D eigenvalue weighted by atomic mass is 35.5. The van der Waals surface area contributed by atoms with Gasteiger partial charge in [0.1, 0.15) is 12.6 Å². The average molecular weight is 556 g/mol. The summed E-state index contributed by atoms with van der Waals surface area (Å²) < 4.78 is 28.8. The van der Waals surface area contributed by atoms with Gasteiger partial charge in [-0.3, -0.25) is 13.9 Å². The van der Waals surface area contributed by atoms with Crippen molar-refractivity contribution in [2.45, 2.75) is 51.6 Å². The number of nitrogens with one attached hydrogen (secondary N) is 1. The maximum Gasteiger partial charge on any atom is 0.264 e. The van der Waals surface area contributed by atoms with E-state index in [2.05, 4.69) is 5.32 Å². The summed E-state index contributed by atoms with van der Waals surface area (Å²) in [4.78, 5) is 28.5. The van der Waals surface area contributed by atoms with Gasteiger partial charge in [-0.25, -0.2) is 8.42 Å². The Labute approximate surface area is 230 Å². The second-order valence-electron chi connectivity index (χ2n) is 9.03. The van der Waals surface area contributed by atoms with Crippen LogP contribution in [0.4, 0.5) is 5.69 Å². The Morgan fingerprint density at radius 2 is 1.58 bits per heavy atom. The third-order valence-electron chi connectivity index (χ3n) is 6.33. The topological polar surface area (TPSA) is 86.8 Å². The number of rotatable bonds is 11. The Balaban J connectivity index is 2.09. The quantitative estimate of drug-likeness (QED) is 0.357. The van der Waals surface area contributed by atoms with Crippen LogP contribution in [0.25, 0.3) is 0 Å². The van der Waals surface area contributed by atoms with Gasteiger partial charge in [0.15, 0.2) is 0 Å². The van der Waals surface area contributed by atoms with Crippen molar-refractivity contribution in [3.8, 4) is 0 Å². The van der Waals surface area contributed by atoms with Crippen molar-refractivity contribution in [3.63, 3.8) is 0 Å². The van der Waals surface area contributed by atoms with E-state index in [9.17, 15) is 18.0 Å². The number of carbonyl (C=O) groups excluding carboxylic acids is 2. The summed E-state index contributed by atoms with van der Waals surface area (Å²) in [5, 5.41) is 3.19. The molecule has 0 radical (unpaired) electrons. The molecule has 202 valence electrons. The molecule has 0 fully saturated rings. The highest BCUT2D eigenvalue weighted by Gasteiger charge is 2.34.